The molecule has 0 radical (unpaired) electrons. The monoisotopic (exact) mass is 195 g/mol. The first kappa shape index (κ1) is 9.62. The third-order valence-electron chi connectivity index (χ3n) is 2.90. The van der Waals surface area contributed by atoms with Crippen LogP contribution >= 0.6 is 0 Å². The predicted octanol–water partition coefficient (Wildman–Crippen LogP) is 1.40. The van der Waals surface area contributed by atoms with Gasteiger partial charge in [0.1, 0.15) is 5.82 Å². The highest BCUT2D eigenvalue weighted by atomic mass is 19.1. The van der Waals surface area contributed by atoms with Gasteiger partial charge < -0.3 is 10.4 Å². The molecule has 0 spiro atoms. The van der Waals surface area contributed by atoms with Crippen LogP contribution in [0.25, 0.3) is 0 Å². The number of hydrogen-bond donors (Lipinski definition) is 2. The van der Waals surface area contributed by atoms with Crippen molar-refractivity contribution in [3.63, 3.8) is 0 Å². The number of halogens is 1. The molecule has 0 amide bonds. The standard InChI is InChI=1S/C11H14FNO/c12-10-5-2-1-4-9(10)11(8-14)6-3-7-13-11/h1-2,4-5,13-14H,3,6-8H2. The zero-order valence-electron chi connectivity index (χ0n) is 7.96. The first-order valence-electron chi connectivity index (χ1n) is 4.89. The third kappa shape index (κ3) is 1.42. The molecule has 76 valence electrons. The molecule has 3 heteroatoms. The Morgan fingerprint density at radius 1 is 1.43 bits per heavy atom. The minimum absolute atomic E-state index is 0.0477. The Bertz CT molecular complexity index is 321. The molecule has 1 aliphatic heterocycles. The predicted molar refractivity (Wildman–Crippen MR) is 52.4 cm³/mol. The van der Waals surface area contributed by atoms with Gasteiger partial charge in [0, 0.05) is 5.56 Å². The Morgan fingerprint density at radius 3 is 2.79 bits per heavy atom. The van der Waals surface area contributed by atoms with E-state index >= 15 is 0 Å². The molecular weight excluding hydrogens is 181 g/mol. The summed E-state index contributed by atoms with van der Waals surface area (Å²) in [5, 5.41) is 12.6. The van der Waals surface area contributed by atoms with Crippen molar-refractivity contribution in [2.45, 2.75) is 18.4 Å². The van der Waals surface area contributed by atoms with Gasteiger partial charge in [0.15, 0.2) is 0 Å². The van der Waals surface area contributed by atoms with Crippen LogP contribution in [0.15, 0.2) is 24.3 Å². The lowest BCUT2D eigenvalue weighted by molar-refractivity contribution is 0.175. The highest BCUT2D eigenvalue weighted by Gasteiger charge is 2.36. The third-order valence-corrected chi connectivity index (χ3v) is 2.90. The van der Waals surface area contributed by atoms with Crippen molar-refractivity contribution in [2.24, 2.45) is 0 Å². The summed E-state index contributed by atoms with van der Waals surface area (Å²) in [6.45, 7) is 0.794. The number of hydrogen-bond acceptors (Lipinski definition) is 2. The Morgan fingerprint density at radius 2 is 2.21 bits per heavy atom. The van der Waals surface area contributed by atoms with Crippen molar-refractivity contribution in [3.05, 3.63) is 35.6 Å². The Kier molecular flexibility index (Phi) is 2.52. The van der Waals surface area contributed by atoms with Crippen LogP contribution in [0.5, 0.6) is 0 Å². The normalized spacial score (nSPS) is 26.7. The fraction of sp³-hybridized carbons (Fsp3) is 0.455. The van der Waals surface area contributed by atoms with Crippen molar-refractivity contribution >= 4 is 0 Å². The molecule has 0 saturated carbocycles. The van der Waals surface area contributed by atoms with Crippen LogP contribution < -0.4 is 5.32 Å². The molecule has 1 unspecified atom stereocenters. The van der Waals surface area contributed by atoms with E-state index in [2.05, 4.69) is 5.32 Å². The molecule has 1 heterocycles. The molecule has 1 atom stereocenters. The average Bonchev–Trinajstić information content (AvgIpc) is 2.68. The maximum absolute atomic E-state index is 13.5. The average molecular weight is 195 g/mol. The van der Waals surface area contributed by atoms with Crippen LogP contribution in [-0.4, -0.2) is 18.3 Å². The Balaban J connectivity index is 2.41. The van der Waals surface area contributed by atoms with Gasteiger partial charge >= 0.3 is 0 Å². The fourth-order valence-electron chi connectivity index (χ4n) is 2.11. The molecule has 1 aliphatic rings. The highest BCUT2D eigenvalue weighted by molar-refractivity contribution is 5.27. The molecule has 14 heavy (non-hydrogen) atoms. The second-order valence-corrected chi connectivity index (χ2v) is 3.75. The lowest BCUT2D eigenvalue weighted by atomic mass is 9.89. The number of nitrogens with one attached hydrogen (secondary N) is 1. The van der Waals surface area contributed by atoms with E-state index in [0.29, 0.717) is 5.56 Å². The van der Waals surface area contributed by atoms with Gasteiger partial charge in [-0.1, -0.05) is 18.2 Å². The summed E-state index contributed by atoms with van der Waals surface area (Å²) in [6.07, 6.45) is 1.78. The topological polar surface area (TPSA) is 32.3 Å². The first-order chi connectivity index (χ1) is 6.78. The van der Waals surface area contributed by atoms with Crippen LogP contribution in [0, 0.1) is 5.82 Å². The van der Waals surface area contributed by atoms with Crippen LogP contribution in [0.2, 0.25) is 0 Å². The highest BCUT2D eigenvalue weighted by Crippen LogP contribution is 2.31. The van der Waals surface area contributed by atoms with E-state index in [-0.39, 0.29) is 12.4 Å². The van der Waals surface area contributed by atoms with Crippen molar-refractivity contribution < 1.29 is 9.50 Å². The van der Waals surface area contributed by atoms with Crippen molar-refractivity contribution in [2.75, 3.05) is 13.2 Å². The summed E-state index contributed by atoms with van der Waals surface area (Å²) >= 11 is 0. The van der Waals surface area contributed by atoms with Gasteiger partial charge in [-0.15, -0.1) is 0 Å². The number of rotatable bonds is 2. The van der Waals surface area contributed by atoms with E-state index in [4.69, 9.17) is 0 Å². The van der Waals surface area contributed by atoms with E-state index in [1.165, 1.54) is 6.07 Å². The number of aliphatic hydroxyl groups excluding tert-OH is 1. The summed E-state index contributed by atoms with van der Waals surface area (Å²) in [6, 6.07) is 6.64. The molecule has 2 rings (SSSR count). The van der Waals surface area contributed by atoms with E-state index in [0.717, 1.165) is 19.4 Å². The summed E-state index contributed by atoms with van der Waals surface area (Å²) in [4.78, 5) is 0. The minimum atomic E-state index is -0.550. The van der Waals surface area contributed by atoms with Crippen LogP contribution in [0.4, 0.5) is 4.39 Å². The number of benzene rings is 1. The van der Waals surface area contributed by atoms with Gasteiger partial charge in [-0.2, -0.15) is 0 Å². The minimum Gasteiger partial charge on any atom is -0.394 e. The molecule has 0 aliphatic carbocycles. The maximum atomic E-state index is 13.5. The summed E-state index contributed by atoms with van der Waals surface area (Å²) < 4.78 is 13.5. The molecule has 1 saturated heterocycles. The van der Waals surface area contributed by atoms with Gasteiger partial charge in [0.25, 0.3) is 0 Å². The van der Waals surface area contributed by atoms with E-state index < -0.39 is 5.54 Å². The van der Waals surface area contributed by atoms with Gasteiger partial charge in [0.2, 0.25) is 0 Å². The largest absolute Gasteiger partial charge is 0.394 e. The Hall–Kier alpha value is -0.930. The zero-order valence-corrected chi connectivity index (χ0v) is 7.96. The van der Waals surface area contributed by atoms with E-state index in [1.54, 1.807) is 18.2 Å². The fourth-order valence-corrected chi connectivity index (χ4v) is 2.11. The quantitative estimate of drug-likeness (QED) is 0.747. The lowest BCUT2D eigenvalue weighted by Gasteiger charge is -2.28. The van der Waals surface area contributed by atoms with Crippen molar-refractivity contribution in [1.82, 2.24) is 5.32 Å². The zero-order chi connectivity index (χ0) is 10.0. The first-order valence-corrected chi connectivity index (χ1v) is 4.89. The van der Waals surface area contributed by atoms with E-state index in [9.17, 15) is 9.50 Å². The second-order valence-electron chi connectivity index (χ2n) is 3.75. The van der Waals surface area contributed by atoms with Gasteiger partial charge in [0.05, 0.1) is 12.1 Å². The Labute approximate surface area is 82.8 Å². The molecule has 2 N–H and O–H groups in total. The molecule has 0 aromatic heterocycles. The van der Waals surface area contributed by atoms with Gasteiger partial charge in [-0.05, 0) is 25.5 Å². The molecule has 0 bridgehead atoms. The SMILES string of the molecule is OCC1(c2ccccc2F)CCCN1. The molecule has 1 fully saturated rings. The van der Waals surface area contributed by atoms with Crippen LogP contribution in [-0.2, 0) is 5.54 Å². The van der Waals surface area contributed by atoms with Crippen molar-refractivity contribution in [1.29, 1.82) is 0 Å². The van der Waals surface area contributed by atoms with Crippen LogP contribution in [0.3, 0.4) is 0 Å². The molecule has 2 nitrogen and oxygen atoms in total. The second kappa shape index (κ2) is 3.67. The van der Waals surface area contributed by atoms with Gasteiger partial charge in [-0.25, -0.2) is 4.39 Å². The maximum Gasteiger partial charge on any atom is 0.128 e. The lowest BCUT2D eigenvalue weighted by Crippen LogP contribution is -2.41. The van der Waals surface area contributed by atoms with Gasteiger partial charge in [-0.3, -0.25) is 0 Å². The van der Waals surface area contributed by atoms with Crippen LogP contribution in [0.1, 0.15) is 18.4 Å². The summed E-state index contributed by atoms with van der Waals surface area (Å²) in [5.74, 6) is -0.240. The van der Waals surface area contributed by atoms with Crippen molar-refractivity contribution in [3.8, 4) is 0 Å². The molecular formula is C11H14FNO. The smallest absolute Gasteiger partial charge is 0.128 e. The van der Waals surface area contributed by atoms with E-state index in [1.807, 2.05) is 0 Å². The number of aliphatic hydroxyl groups is 1. The summed E-state index contributed by atoms with van der Waals surface area (Å²) in [5.41, 5.74) is 0.0331. The molecule has 1 aromatic carbocycles. The summed E-state index contributed by atoms with van der Waals surface area (Å²) in [7, 11) is 0. The molecule has 1 aromatic rings.